The van der Waals surface area contributed by atoms with E-state index in [1.807, 2.05) is 51.1 Å². The van der Waals surface area contributed by atoms with Gasteiger partial charge in [-0.25, -0.2) is 4.79 Å². The molecule has 6 nitrogen and oxygen atoms in total. The molecule has 27 heavy (non-hydrogen) atoms. The maximum atomic E-state index is 12.6. The third-order valence-electron chi connectivity index (χ3n) is 4.42. The van der Waals surface area contributed by atoms with Crippen molar-refractivity contribution in [1.82, 2.24) is 9.80 Å². The Kier molecular flexibility index (Phi) is 4.74. The van der Waals surface area contributed by atoms with Gasteiger partial charge in [-0.3, -0.25) is 14.5 Å². The summed E-state index contributed by atoms with van der Waals surface area (Å²) < 4.78 is 0. The molecule has 0 atom stereocenters. The van der Waals surface area contributed by atoms with Crippen LogP contribution in [0.15, 0.2) is 48.5 Å². The number of hydrogen-bond donors (Lipinski definition) is 1. The molecule has 1 N–H and O–H groups in total. The van der Waals surface area contributed by atoms with E-state index in [1.54, 1.807) is 30.1 Å². The van der Waals surface area contributed by atoms with Crippen molar-refractivity contribution >= 4 is 23.5 Å². The monoisotopic (exact) mass is 365 g/mol. The van der Waals surface area contributed by atoms with E-state index in [4.69, 9.17) is 0 Å². The maximum absolute atomic E-state index is 12.6. The fourth-order valence-electron chi connectivity index (χ4n) is 3.08. The van der Waals surface area contributed by atoms with Gasteiger partial charge in [0.15, 0.2) is 0 Å². The molecule has 0 radical (unpaired) electrons. The molecule has 0 saturated heterocycles. The van der Waals surface area contributed by atoms with Crippen LogP contribution in [0.2, 0.25) is 0 Å². The van der Waals surface area contributed by atoms with Gasteiger partial charge in [-0.2, -0.15) is 0 Å². The van der Waals surface area contributed by atoms with Crippen LogP contribution in [-0.4, -0.2) is 40.2 Å². The standard InChI is InChI=1S/C21H23N3O3/c1-21(2,3)24-18(25)16-11-10-15(12-17(16)19(24)26)22-20(27)23(4)13-14-8-6-5-7-9-14/h5-12H,13H2,1-4H3,(H,22,27). The summed E-state index contributed by atoms with van der Waals surface area (Å²) in [5, 5.41) is 2.79. The molecule has 140 valence electrons. The molecule has 6 heteroatoms. The highest BCUT2D eigenvalue weighted by molar-refractivity contribution is 6.22. The third kappa shape index (κ3) is 3.69. The molecule has 4 amide bonds. The lowest BCUT2D eigenvalue weighted by Gasteiger charge is -2.29. The Labute approximate surface area is 158 Å². The van der Waals surface area contributed by atoms with E-state index in [0.29, 0.717) is 23.4 Å². The van der Waals surface area contributed by atoms with Crippen molar-refractivity contribution in [3.8, 4) is 0 Å². The van der Waals surface area contributed by atoms with Gasteiger partial charge in [0.05, 0.1) is 11.1 Å². The predicted octanol–water partition coefficient (Wildman–Crippen LogP) is 3.75. The molecule has 0 unspecified atom stereocenters. The molecule has 0 saturated carbocycles. The summed E-state index contributed by atoms with van der Waals surface area (Å²) in [5.74, 6) is -0.641. The van der Waals surface area contributed by atoms with Gasteiger partial charge in [0.1, 0.15) is 0 Å². The average Bonchev–Trinajstić information content (AvgIpc) is 2.86. The smallest absolute Gasteiger partial charge is 0.321 e. The van der Waals surface area contributed by atoms with Crippen molar-refractivity contribution in [2.24, 2.45) is 0 Å². The number of amides is 4. The van der Waals surface area contributed by atoms with Gasteiger partial charge in [-0.15, -0.1) is 0 Å². The zero-order valence-electron chi connectivity index (χ0n) is 15.9. The highest BCUT2D eigenvalue weighted by Gasteiger charge is 2.41. The Balaban J connectivity index is 1.75. The Bertz CT molecular complexity index is 901. The van der Waals surface area contributed by atoms with E-state index >= 15 is 0 Å². The van der Waals surface area contributed by atoms with Crippen LogP contribution in [0.25, 0.3) is 0 Å². The van der Waals surface area contributed by atoms with Gasteiger partial charge in [0.2, 0.25) is 0 Å². The van der Waals surface area contributed by atoms with Crippen LogP contribution in [-0.2, 0) is 6.54 Å². The molecular formula is C21H23N3O3. The Morgan fingerprint density at radius 1 is 1.00 bits per heavy atom. The van der Waals surface area contributed by atoms with Crippen molar-refractivity contribution in [2.45, 2.75) is 32.9 Å². The molecule has 1 aliphatic rings. The molecule has 1 heterocycles. The quantitative estimate of drug-likeness (QED) is 0.842. The zero-order chi connectivity index (χ0) is 19.8. The van der Waals surface area contributed by atoms with Crippen LogP contribution in [0, 0.1) is 0 Å². The number of hydrogen-bond acceptors (Lipinski definition) is 3. The molecule has 0 bridgehead atoms. The molecule has 2 aromatic carbocycles. The van der Waals surface area contributed by atoms with Crippen LogP contribution in [0.1, 0.15) is 47.1 Å². The molecular weight excluding hydrogens is 342 g/mol. The van der Waals surface area contributed by atoms with Gasteiger partial charge in [-0.1, -0.05) is 30.3 Å². The van der Waals surface area contributed by atoms with E-state index in [1.165, 1.54) is 4.90 Å². The first-order chi connectivity index (χ1) is 12.7. The number of anilines is 1. The van der Waals surface area contributed by atoms with Crippen molar-refractivity contribution in [3.63, 3.8) is 0 Å². The summed E-state index contributed by atoms with van der Waals surface area (Å²) in [6, 6.07) is 14.2. The normalized spacial score (nSPS) is 13.6. The minimum atomic E-state index is -0.605. The van der Waals surface area contributed by atoms with E-state index in [9.17, 15) is 14.4 Å². The molecule has 0 spiro atoms. The summed E-state index contributed by atoms with van der Waals surface area (Å²) in [5.41, 5.74) is 1.58. The lowest BCUT2D eigenvalue weighted by molar-refractivity contribution is 0.0507. The van der Waals surface area contributed by atoms with Gasteiger partial charge in [0, 0.05) is 24.8 Å². The average molecular weight is 365 g/mol. The number of benzene rings is 2. The summed E-state index contributed by atoms with van der Waals surface area (Å²) in [4.78, 5) is 40.4. The first-order valence-corrected chi connectivity index (χ1v) is 8.77. The number of carbonyl (C=O) groups excluding carboxylic acids is 3. The highest BCUT2D eigenvalue weighted by atomic mass is 16.2. The number of imide groups is 1. The van der Waals surface area contributed by atoms with E-state index in [-0.39, 0.29) is 17.8 Å². The minimum Gasteiger partial charge on any atom is -0.323 e. The van der Waals surface area contributed by atoms with E-state index in [2.05, 4.69) is 5.32 Å². The fraction of sp³-hybridized carbons (Fsp3) is 0.286. The first-order valence-electron chi connectivity index (χ1n) is 8.77. The Morgan fingerprint density at radius 3 is 2.26 bits per heavy atom. The van der Waals surface area contributed by atoms with E-state index < -0.39 is 5.54 Å². The second kappa shape index (κ2) is 6.87. The summed E-state index contributed by atoms with van der Waals surface area (Å²) >= 11 is 0. The van der Waals surface area contributed by atoms with E-state index in [0.717, 1.165) is 5.56 Å². The summed E-state index contributed by atoms with van der Waals surface area (Å²) in [6.45, 7) is 5.91. The lowest BCUT2D eigenvalue weighted by atomic mass is 10.1. The predicted molar refractivity (Wildman–Crippen MR) is 104 cm³/mol. The molecule has 3 rings (SSSR count). The number of nitrogens with one attached hydrogen (secondary N) is 1. The molecule has 0 fully saturated rings. The molecule has 0 aromatic heterocycles. The van der Waals surface area contributed by atoms with Gasteiger partial charge in [0.25, 0.3) is 11.8 Å². The molecule has 2 aromatic rings. The summed E-state index contributed by atoms with van der Waals surface area (Å²) in [6.07, 6.45) is 0. The molecule has 1 aliphatic heterocycles. The van der Waals surface area contributed by atoms with Crippen LogP contribution >= 0.6 is 0 Å². The van der Waals surface area contributed by atoms with Crippen molar-refractivity contribution in [2.75, 3.05) is 12.4 Å². The van der Waals surface area contributed by atoms with Gasteiger partial charge in [-0.05, 0) is 44.5 Å². The number of carbonyl (C=O) groups is 3. The first kappa shape index (κ1) is 18.6. The zero-order valence-corrected chi connectivity index (χ0v) is 15.9. The molecule has 0 aliphatic carbocycles. The second-order valence-electron chi connectivity index (χ2n) is 7.65. The summed E-state index contributed by atoms with van der Waals surface area (Å²) in [7, 11) is 1.70. The number of rotatable bonds is 3. The van der Waals surface area contributed by atoms with Crippen molar-refractivity contribution in [1.29, 1.82) is 0 Å². The van der Waals surface area contributed by atoms with Gasteiger partial charge < -0.3 is 10.2 Å². The largest absolute Gasteiger partial charge is 0.323 e. The van der Waals surface area contributed by atoms with Gasteiger partial charge >= 0.3 is 6.03 Å². The van der Waals surface area contributed by atoms with Crippen LogP contribution in [0.4, 0.5) is 10.5 Å². The van der Waals surface area contributed by atoms with Crippen molar-refractivity contribution < 1.29 is 14.4 Å². The second-order valence-corrected chi connectivity index (χ2v) is 7.65. The Morgan fingerprint density at radius 2 is 1.63 bits per heavy atom. The Hall–Kier alpha value is -3.15. The number of nitrogens with zero attached hydrogens (tertiary/aromatic N) is 2. The van der Waals surface area contributed by atoms with Crippen LogP contribution < -0.4 is 5.32 Å². The SMILES string of the molecule is CN(Cc1ccccc1)C(=O)Nc1ccc2c(c1)C(=O)N(C(C)(C)C)C2=O. The van der Waals surface area contributed by atoms with Crippen molar-refractivity contribution in [3.05, 3.63) is 65.2 Å². The number of fused-ring (bicyclic) bond motifs is 1. The van der Waals surface area contributed by atoms with Crippen LogP contribution in [0.5, 0.6) is 0 Å². The highest BCUT2D eigenvalue weighted by Crippen LogP contribution is 2.31. The minimum absolute atomic E-state index is 0.289. The lowest BCUT2D eigenvalue weighted by Crippen LogP contribution is -2.45. The third-order valence-corrected chi connectivity index (χ3v) is 4.42. The van der Waals surface area contributed by atoms with Crippen LogP contribution in [0.3, 0.4) is 0 Å². The maximum Gasteiger partial charge on any atom is 0.321 e. The topological polar surface area (TPSA) is 69.7 Å². The number of urea groups is 1. The fourth-order valence-corrected chi connectivity index (χ4v) is 3.08.